The van der Waals surface area contributed by atoms with Gasteiger partial charge in [-0.3, -0.25) is 0 Å². The lowest BCUT2D eigenvalue weighted by molar-refractivity contribution is 0.155. The highest BCUT2D eigenvalue weighted by Gasteiger charge is 2.32. The van der Waals surface area contributed by atoms with E-state index in [4.69, 9.17) is 9.15 Å². The molecule has 0 fully saturated rings. The average Bonchev–Trinajstić information content (AvgIpc) is 2.65. The topological polar surface area (TPSA) is 34.4 Å². The van der Waals surface area contributed by atoms with Crippen molar-refractivity contribution in [2.45, 2.75) is 25.3 Å². The Kier molecular flexibility index (Phi) is 2.61. The van der Waals surface area contributed by atoms with Gasteiger partial charge in [0.25, 0.3) is 0 Å². The van der Waals surface area contributed by atoms with Crippen LogP contribution in [0.25, 0.3) is 0 Å². The molecular formula is C11H17NO2. The first-order valence-electron chi connectivity index (χ1n) is 5.07. The summed E-state index contributed by atoms with van der Waals surface area (Å²) in [5.41, 5.74) is 1.32. The Bertz CT molecular complexity index is 308. The van der Waals surface area contributed by atoms with Crippen molar-refractivity contribution < 1.29 is 9.15 Å². The normalized spacial score (nSPS) is 26.1. The van der Waals surface area contributed by atoms with E-state index in [9.17, 15) is 0 Å². The van der Waals surface area contributed by atoms with Gasteiger partial charge in [-0.15, -0.1) is 0 Å². The number of hydrogen-bond donors (Lipinski definition) is 1. The Labute approximate surface area is 84.4 Å². The van der Waals surface area contributed by atoms with E-state index in [2.05, 4.69) is 18.3 Å². The maximum Gasteiger partial charge on any atom is 0.110 e. The molecule has 2 heterocycles. The lowest BCUT2D eigenvalue weighted by Crippen LogP contribution is -2.45. The number of furan rings is 1. The van der Waals surface area contributed by atoms with Gasteiger partial charge in [-0.2, -0.15) is 0 Å². The lowest BCUT2D eigenvalue weighted by Gasteiger charge is -2.34. The fraction of sp³-hybridized carbons (Fsp3) is 0.636. The molecular weight excluding hydrogens is 178 g/mol. The highest BCUT2D eigenvalue weighted by molar-refractivity contribution is 5.28. The van der Waals surface area contributed by atoms with Gasteiger partial charge in [-0.1, -0.05) is 0 Å². The molecule has 0 amide bonds. The molecule has 0 saturated carbocycles. The van der Waals surface area contributed by atoms with Gasteiger partial charge in [0, 0.05) is 37.8 Å². The molecule has 1 aliphatic heterocycles. The second kappa shape index (κ2) is 3.75. The molecule has 14 heavy (non-hydrogen) atoms. The zero-order chi connectivity index (χ0) is 10.0. The minimum Gasteiger partial charge on any atom is -0.469 e. The van der Waals surface area contributed by atoms with Gasteiger partial charge >= 0.3 is 0 Å². The number of rotatable bonds is 3. The molecule has 1 N–H and O–H groups in total. The van der Waals surface area contributed by atoms with Gasteiger partial charge in [-0.25, -0.2) is 0 Å². The molecule has 1 aromatic rings. The molecule has 1 aromatic heterocycles. The number of ether oxygens (including phenoxy) is 1. The summed E-state index contributed by atoms with van der Waals surface area (Å²) in [7, 11) is 1.74. The van der Waals surface area contributed by atoms with Crippen LogP contribution in [0, 0.1) is 0 Å². The first-order valence-corrected chi connectivity index (χ1v) is 5.07. The van der Waals surface area contributed by atoms with Gasteiger partial charge in [0.1, 0.15) is 5.76 Å². The average molecular weight is 195 g/mol. The molecule has 0 aliphatic carbocycles. The highest BCUT2D eigenvalue weighted by atomic mass is 16.5. The SMILES string of the molecule is COCCC1(C)NCCc2occc21. The third-order valence-electron chi connectivity index (χ3n) is 3.01. The largest absolute Gasteiger partial charge is 0.469 e. The zero-order valence-corrected chi connectivity index (χ0v) is 8.80. The van der Waals surface area contributed by atoms with Gasteiger partial charge in [0.2, 0.25) is 0 Å². The standard InChI is InChI=1S/C11H17NO2/c1-11(5-8-13-2)9-4-7-14-10(9)3-6-12-11/h4,7,12H,3,5-6,8H2,1-2H3. The first-order chi connectivity index (χ1) is 6.76. The van der Waals surface area contributed by atoms with Crippen molar-refractivity contribution in [1.82, 2.24) is 5.32 Å². The summed E-state index contributed by atoms with van der Waals surface area (Å²) < 4.78 is 10.6. The third-order valence-corrected chi connectivity index (χ3v) is 3.01. The van der Waals surface area contributed by atoms with Crippen LogP contribution in [-0.2, 0) is 16.7 Å². The van der Waals surface area contributed by atoms with E-state index in [0.29, 0.717) is 0 Å². The van der Waals surface area contributed by atoms with Crippen LogP contribution < -0.4 is 5.32 Å². The molecule has 78 valence electrons. The van der Waals surface area contributed by atoms with Crippen LogP contribution in [-0.4, -0.2) is 20.3 Å². The summed E-state index contributed by atoms with van der Waals surface area (Å²) >= 11 is 0. The van der Waals surface area contributed by atoms with Crippen molar-refractivity contribution in [1.29, 1.82) is 0 Å². The molecule has 1 unspecified atom stereocenters. The van der Waals surface area contributed by atoms with Crippen LogP contribution in [0.5, 0.6) is 0 Å². The number of fused-ring (bicyclic) bond motifs is 1. The number of nitrogens with one attached hydrogen (secondary N) is 1. The Morgan fingerprint density at radius 3 is 3.29 bits per heavy atom. The summed E-state index contributed by atoms with van der Waals surface area (Å²) in [6.45, 7) is 3.97. The van der Waals surface area contributed by atoms with Crippen LogP contribution in [0.15, 0.2) is 16.7 Å². The maximum absolute atomic E-state index is 5.45. The van der Waals surface area contributed by atoms with Crippen molar-refractivity contribution in [3.8, 4) is 0 Å². The molecule has 3 heteroatoms. The fourth-order valence-electron chi connectivity index (χ4n) is 2.10. The van der Waals surface area contributed by atoms with E-state index in [1.165, 1.54) is 5.56 Å². The number of hydrogen-bond acceptors (Lipinski definition) is 3. The van der Waals surface area contributed by atoms with Gasteiger partial charge in [-0.05, 0) is 19.4 Å². The fourth-order valence-corrected chi connectivity index (χ4v) is 2.10. The second-order valence-electron chi connectivity index (χ2n) is 4.01. The summed E-state index contributed by atoms with van der Waals surface area (Å²) in [5, 5.41) is 3.53. The van der Waals surface area contributed by atoms with E-state index in [-0.39, 0.29) is 5.54 Å². The first kappa shape index (κ1) is 9.74. The smallest absolute Gasteiger partial charge is 0.110 e. The Morgan fingerprint density at radius 2 is 2.50 bits per heavy atom. The van der Waals surface area contributed by atoms with E-state index >= 15 is 0 Å². The van der Waals surface area contributed by atoms with Gasteiger partial charge in [0.15, 0.2) is 0 Å². The predicted octanol–water partition coefficient (Wildman–Crippen LogP) is 1.68. The van der Waals surface area contributed by atoms with Crippen LogP contribution in [0.3, 0.4) is 0 Å². The van der Waals surface area contributed by atoms with Crippen LogP contribution in [0.2, 0.25) is 0 Å². The lowest BCUT2D eigenvalue weighted by atomic mass is 9.85. The molecule has 1 atom stereocenters. The predicted molar refractivity (Wildman–Crippen MR) is 54.3 cm³/mol. The summed E-state index contributed by atoms with van der Waals surface area (Å²) in [4.78, 5) is 0. The van der Waals surface area contributed by atoms with E-state index in [1.54, 1.807) is 13.4 Å². The molecule has 2 rings (SSSR count). The van der Waals surface area contributed by atoms with Crippen molar-refractivity contribution in [3.05, 3.63) is 23.7 Å². The zero-order valence-electron chi connectivity index (χ0n) is 8.80. The number of methoxy groups -OCH3 is 1. The van der Waals surface area contributed by atoms with Crippen LogP contribution in [0.1, 0.15) is 24.7 Å². The monoisotopic (exact) mass is 195 g/mol. The van der Waals surface area contributed by atoms with E-state index < -0.39 is 0 Å². The summed E-state index contributed by atoms with van der Waals surface area (Å²) in [5.74, 6) is 1.13. The molecule has 0 saturated heterocycles. The van der Waals surface area contributed by atoms with E-state index in [1.807, 2.05) is 0 Å². The highest BCUT2D eigenvalue weighted by Crippen LogP contribution is 2.31. The molecule has 0 bridgehead atoms. The van der Waals surface area contributed by atoms with E-state index in [0.717, 1.165) is 31.8 Å². The second-order valence-corrected chi connectivity index (χ2v) is 4.01. The summed E-state index contributed by atoms with van der Waals surface area (Å²) in [6, 6.07) is 2.07. The van der Waals surface area contributed by atoms with Crippen molar-refractivity contribution in [2.24, 2.45) is 0 Å². The van der Waals surface area contributed by atoms with Gasteiger partial charge < -0.3 is 14.5 Å². The van der Waals surface area contributed by atoms with Crippen molar-refractivity contribution in [3.63, 3.8) is 0 Å². The molecule has 0 aromatic carbocycles. The quantitative estimate of drug-likeness (QED) is 0.796. The minimum atomic E-state index is 0.0244. The van der Waals surface area contributed by atoms with Crippen LogP contribution in [0.4, 0.5) is 0 Å². The maximum atomic E-state index is 5.45. The Balaban J connectivity index is 2.21. The third kappa shape index (κ3) is 1.57. The summed E-state index contributed by atoms with van der Waals surface area (Å²) in [6.07, 6.45) is 3.75. The molecule has 0 spiro atoms. The Morgan fingerprint density at radius 1 is 1.64 bits per heavy atom. The molecule has 0 radical (unpaired) electrons. The Hall–Kier alpha value is -0.800. The minimum absolute atomic E-state index is 0.0244. The molecule has 3 nitrogen and oxygen atoms in total. The molecule has 1 aliphatic rings. The van der Waals surface area contributed by atoms with Gasteiger partial charge in [0.05, 0.1) is 6.26 Å². The van der Waals surface area contributed by atoms with Crippen molar-refractivity contribution in [2.75, 3.05) is 20.3 Å². The van der Waals surface area contributed by atoms with Crippen LogP contribution >= 0.6 is 0 Å². The van der Waals surface area contributed by atoms with Crippen molar-refractivity contribution >= 4 is 0 Å².